The Morgan fingerprint density at radius 3 is 1.29 bits per heavy atom. The number of ether oxygens (including phenoxy) is 2. The van der Waals surface area contributed by atoms with Gasteiger partial charge in [-0.3, -0.25) is 0 Å². The number of carbonyl (C=O) groups is 1. The Morgan fingerprint density at radius 1 is 0.625 bits per heavy atom. The number of hydrogen-bond donors (Lipinski definition) is 0. The van der Waals surface area contributed by atoms with E-state index in [0.717, 1.165) is 25.7 Å². The van der Waals surface area contributed by atoms with Crippen molar-refractivity contribution in [3.8, 4) is 0 Å². The molecule has 0 aromatic rings. The maximum absolute atomic E-state index is 11.2. The summed E-state index contributed by atoms with van der Waals surface area (Å²) in [7, 11) is 0. The second-order valence-corrected chi connectivity index (χ2v) is 4.89. The molecule has 0 aliphatic heterocycles. The van der Waals surface area contributed by atoms with Gasteiger partial charge >= 0.3 is 6.16 Å². The SMILES string of the molecule is O=C(OCCCCCCO[N+](=O)[O-])OCCCCCCO[N+](=O)[O-]. The molecule has 0 unspecified atom stereocenters. The molecule has 24 heavy (non-hydrogen) atoms. The topological polar surface area (TPSA) is 140 Å². The van der Waals surface area contributed by atoms with E-state index < -0.39 is 16.3 Å². The number of rotatable bonds is 16. The van der Waals surface area contributed by atoms with Gasteiger partial charge in [-0.2, -0.15) is 0 Å². The second-order valence-electron chi connectivity index (χ2n) is 4.89. The van der Waals surface area contributed by atoms with Crippen LogP contribution in [-0.2, 0) is 19.1 Å². The predicted molar refractivity (Wildman–Crippen MR) is 80.1 cm³/mol. The fourth-order valence-electron chi connectivity index (χ4n) is 1.75. The minimum absolute atomic E-state index is 0.0774. The summed E-state index contributed by atoms with van der Waals surface area (Å²) in [6, 6.07) is 0. The highest BCUT2D eigenvalue weighted by atomic mass is 17.0. The van der Waals surface area contributed by atoms with Crippen molar-refractivity contribution >= 4 is 6.16 Å². The summed E-state index contributed by atoms with van der Waals surface area (Å²) in [5, 5.41) is 18.1. The maximum atomic E-state index is 11.2. The van der Waals surface area contributed by atoms with E-state index in [0.29, 0.717) is 25.7 Å². The molecule has 140 valence electrons. The summed E-state index contributed by atoms with van der Waals surface area (Å²) in [6.45, 7) is 0.641. The van der Waals surface area contributed by atoms with Crippen LogP contribution in [0.4, 0.5) is 4.79 Å². The largest absolute Gasteiger partial charge is 0.508 e. The average molecular weight is 352 g/mol. The molecule has 0 atom stereocenters. The van der Waals surface area contributed by atoms with Gasteiger partial charge in [-0.25, -0.2) is 4.79 Å². The first kappa shape index (κ1) is 21.7. The van der Waals surface area contributed by atoms with Gasteiger partial charge in [0, 0.05) is 0 Å². The molecule has 0 spiro atoms. The molecule has 0 heterocycles. The Labute approximate surface area is 139 Å². The smallest absolute Gasteiger partial charge is 0.434 e. The van der Waals surface area contributed by atoms with Crippen LogP contribution in [0.5, 0.6) is 0 Å². The molecular weight excluding hydrogens is 328 g/mol. The number of carbonyl (C=O) groups excluding carboxylic acids is 1. The standard InChI is InChI=1S/C13H24N2O9/c16-13(21-9-5-1-3-7-11-23-14(17)18)22-10-6-2-4-8-12-24-15(19)20/h1-12H2. The normalized spacial score (nSPS) is 10.0. The number of hydrogen-bond acceptors (Lipinski definition) is 9. The van der Waals surface area contributed by atoms with Crippen LogP contribution in [0.1, 0.15) is 51.4 Å². The Kier molecular flexibility index (Phi) is 14.1. The lowest BCUT2D eigenvalue weighted by atomic mass is 10.2. The fourth-order valence-corrected chi connectivity index (χ4v) is 1.75. The lowest BCUT2D eigenvalue weighted by Crippen LogP contribution is -2.09. The van der Waals surface area contributed by atoms with Crippen molar-refractivity contribution in [2.45, 2.75) is 51.4 Å². The van der Waals surface area contributed by atoms with E-state index in [9.17, 15) is 25.0 Å². The van der Waals surface area contributed by atoms with E-state index in [4.69, 9.17) is 9.47 Å². The lowest BCUT2D eigenvalue weighted by molar-refractivity contribution is -0.757. The van der Waals surface area contributed by atoms with Gasteiger partial charge in [0.15, 0.2) is 0 Å². The predicted octanol–water partition coefficient (Wildman–Crippen LogP) is 2.68. The number of unbranched alkanes of at least 4 members (excludes halogenated alkanes) is 6. The highest BCUT2D eigenvalue weighted by Gasteiger charge is 2.03. The highest BCUT2D eigenvalue weighted by Crippen LogP contribution is 2.03. The van der Waals surface area contributed by atoms with Crippen molar-refractivity contribution in [2.75, 3.05) is 26.4 Å². The monoisotopic (exact) mass is 352 g/mol. The molecule has 0 bridgehead atoms. The van der Waals surface area contributed by atoms with Gasteiger partial charge in [-0.15, -0.1) is 20.2 Å². The quantitative estimate of drug-likeness (QED) is 0.177. The van der Waals surface area contributed by atoms with Crippen LogP contribution in [-0.4, -0.2) is 42.8 Å². The molecule has 0 aliphatic carbocycles. The number of nitrogens with zero attached hydrogens (tertiary/aromatic N) is 2. The molecule has 11 nitrogen and oxygen atoms in total. The Balaban J connectivity index is 3.21. The summed E-state index contributed by atoms with van der Waals surface area (Å²) in [6.07, 6.45) is 4.83. The van der Waals surface area contributed by atoms with Gasteiger partial charge in [0.25, 0.3) is 10.2 Å². The van der Waals surface area contributed by atoms with Crippen molar-refractivity contribution in [1.82, 2.24) is 0 Å². The Bertz CT molecular complexity index is 333. The third-order valence-electron chi connectivity index (χ3n) is 2.91. The van der Waals surface area contributed by atoms with Crippen LogP contribution in [0.3, 0.4) is 0 Å². The van der Waals surface area contributed by atoms with E-state index in [2.05, 4.69) is 9.68 Å². The molecule has 0 radical (unpaired) electrons. The van der Waals surface area contributed by atoms with Crippen LogP contribution in [0.25, 0.3) is 0 Å². The first-order chi connectivity index (χ1) is 11.5. The molecule has 0 aromatic heterocycles. The summed E-state index contributed by atoms with van der Waals surface area (Å²) >= 11 is 0. The van der Waals surface area contributed by atoms with Gasteiger partial charge in [0.05, 0.1) is 26.4 Å². The second kappa shape index (κ2) is 15.6. The van der Waals surface area contributed by atoms with Crippen LogP contribution in [0.15, 0.2) is 0 Å². The summed E-state index contributed by atoms with van der Waals surface area (Å²) in [4.78, 5) is 39.3. The zero-order chi connectivity index (χ0) is 18.0. The van der Waals surface area contributed by atoms with E-state index in [1.54, 1.807) is 0 Å². The van der Waals surface area contributed by atoms with Gasteiger partial charge in [-0.1, -0.05) is 12.8 Å². The van der Waals surface area contributed by atoms with Gasteiger partial charge < -0.3 is 19.1 Å². The maximum Gasteiger partial charge on any atom is 0.508 e. The van der Waals surface area contributed by atoms with Crippen LogP contribution >= 0.6 is 0 Å². The molecule has 0 amide bonds. The van der Waals surface area contributed by atoms with Crippen LogP contribution in [0, 0.1) is 20.2 Å². The lowest BCUT2D eigenvalue weighted by Gasteiger charge is -2.06. The van der Waals surface area contributed by atoms with E-state index in [1.165, 1.54) is 0 Å². The molecule has 0 fully saturated rings. The third-order valence-corrected chi connectivity index (χ3v) is 2.91. The molecule has 11 heteroatoms. The van der Waals surface area contributed by atoms with Crippen molar-refractivity contribution < 1.29 is 34.1 Å². The molecule has 0 N–H and O–H groups in total. The van der Waals surface area contributed by atoms with Gasteiger partial charge in [0.1, 0.15) is 0 Å². The van der Waals surface area contributed by atoms with Crippen molar-refractivity contribution in [3.63, 3.8) is 0 Å². The molecule has 0 aliphatic rings. The molecule has 0 saturated heterocycles. The molecule has 0 aromatic carbocycles. The van der Waals surface area contributed by atoms with E-state index >= 15 is 0 Å². The van der Waals surface area contributed by atoms with Gasteiger partial charge in [0.2, 0.25) is 0 Å². The van der Waals surface area contributed by atoms with Gasteiger partial charge in [-0.05, 0) is 38.5 Å². The Hall–Kier alpha value is -2.33. The van der Waals surface area contributed by atoms with Crippen molar-refractivity contribution in [1.29, 1.82) is 0 Å². The van der Waals surface area contributed by atoms with Crippen LogP contribution < -0.4 is 0 Å². The van der Waals surface area contributed by atoms with E-state index in [1.807, 2.05) is 0 Å². The fraction of sp³-hybridized carbons (Fsp3) is 0.923. The van der Waals surface area contributed by atoms with Crippen LogP contribution in [0.2, 0.25) is 0 Å². The minimum Gasteiger partial charge on any atom is -0.434 e. The molecular formula is C13H24N2O9. The minimum atomic E-state index is -0.820. The first-order valence-corrected chi connectivity index (χ1v) is 7.86. The Morgan fingerprint density at radius 2 is 0.958 bits per heavy atom. The first-order valence-electron chi connectivity index (χ1n) is 7.86. The van der Waals surface area contributed by atoms with Crippen molar-refractivity contribution in [2.24, 2.45) is 0 Å². The molecule has 0 rings (SSSR count). The zero-order valence-corrected chi connectivity index (χ0v) is 13.6. The van der Waals surface area contributed by atoms with E-state index in [-0.39, 0.29) is 26.4 Å². The molecule has 0 saturated carbocycles. The summed E-state index contributed by atoms with van der Waals surface area (Å²) in [5.41, 5.74) is 0. The average Bonchev–Trinajstić information content (AvgIpc) is 2.51. The summed E-state index contributed by atoms with van der Waals surface area (Å²) < 4.78 is 9.73. The zero-order valence-electron chi connectivity index (χ0n) is 13.6. The summed E-state index contributed by atoms with van der Waals surface area (Å²) in [5.74, 6) is 0. The highest BCUT2D eigenvalue weighted by molar-refractivity contribution is 5.59. The van der Waals surface area contributed by atoms with Crippen molar-refractivity contribution in [3.05, 3.63) is 20.2 Å². The third kappa shape index (κ3) is 17.7.